The molecule has 0 spiro atoms. The Bertz CT molecular complexity index is 179. The van der Waals surface area contributed by atoms with Gasteiger partial charge in [-0.3, -0.25) is 0 Å². The number of likely N-dealkylation sites (N-methyl/N-ethyl adjacent to an activating group) is 1. The van der Waals surface area contributed by atoms with Gasteiger partial charge >= 0.3 is 0 Å². The lowest BCUT2D eigenvalue weighted by atomic mass is 10.1. The molecule has 1 atom stereocenters. The highest BCUT2D eigenvalue weighted by atomic mass is 15.2. The highest BCUT2D eigenvalue weighted by molar-refractivity contribution is 5.05. The van der Waals surface area contributed by atoms with Crippen molar-refractivity contribution in [3.05, 3.63) is 0 Å². The quantitative estimate of drug-likeness (QED) is 0.668. The van der Waals surface area contributed by atoms with Crippen LogP contribution >= 0.6 is 0 Å². The Labute approximate surface area is 74.4 Å². The van der Waals surface area contributed by atoms with E-state index in [2.05, 4.69) is 16.3 Å². The van der Waals surface area contributed by atoms with Gasteiger partial charge in [-0.1, -0.05) is 0 Å². The van der Waals surface area contributed by atoms with Crippen molar-refractivity contribution in [2.24, 2.45) is 0 Å². The summed E-state index contributed by atoms with van der Waals surface area (Å²) in [5.41, 5.74) is -0.371. The predicted molar refractivity (Wildman–Crippen MR) is 48.8 cm³/mol. The van der Waals surface area contributed by atoms with E-state index < -0.39 is 0 Å². The summed E-state index contributed by atoms with van der Waals surface area (Å²) in [5.74, 6) is 0. The smallest absolute Gasteiger partial charge is 0.116 e. The largest absolute Gasteiger partial charge is 0.302 e. The van der Waals surface area contributed by atoms with Crippen molar-refractivity contribution < 1.29 is 0 Å². The van der Waals surface area contributed by atoms with E-state index in [0.717, 1.165) is 19.6 Å². The minimum absolute atomic E-state index is 0.371. The van der Waals surface area contributed by atoms with E-state index in [0.29, 0.717) is 0 Å². The first-order chi connectivity index (χ1) is 5.70. The predicted octanol–water partition coefficient (Wildman–Crippen LogP) is 0.584. The van der Waals surface area contributed by atoms with Gasteiger partial charge in [0.2, 0.25) is 0 Å². The van der Waals surface area contributed by atoms with E-state index >= 15 is 0 Å². The van der Waals surface area contributed by atoms with Crippen molar-refractivity contribution in [2.45, 2.75) is 25.3 Å². The van der Waals surface area contributed by atoms with Gasteiger partial charge < -0.3 is 10.2 Å². The highest BCUT2D eigenvalue weighted by Crippen LogP contribution is 2.12. The number of nitriles is 1. The van der Waals surface area contributed by atoms with Gasteiger partial charge in [0.05, 0.1) is 6.07 Å². The number of nitrogens with one attached hydrogen (secondary N) is 1. The van der Waals surface area contributed by atoms with Gasteiger partial charge in [-0.2, -0.15) is 5.26 Å². The fourth-order valence-electron chi connectivity index (χ4n) is 1.56. The van der Waals surface area contributed by atoms with E-state index in [4.69, 9.17) is 5.26 Å². The Morgan fingerprint density at radius 1 is 1.50 bits per heavy atom. The summed E-state index contributed by atoms with van der Waals surface area (Å²) in [7, 11) is 1.85. The summed E-state index contributed by atoms with van der Waals surface area (Å²) in [6.07, 6.45) is 2.57. The zero-order valence-corrected chi connectivity index (χ0v) is 7.93. The van der Waals surface area contributed by atoms with Crippen LogP contribution in [-0.2, 0) is 0 Å². The molecule has 3 heteroatoms. The maximum Gasteiger partial charge on any atom is 0.116 e. The molecule has 3 nitrogen and oxygen atoms in total. The van der Waals surface area contributed by atoms with Crippen LogP contribution in [0.25, 0.3) is 0 Å². The first-order valence-electron chi connectivity index (χ1n) is 4.53. The van der Waals surface area contributed by atoms with Gasteiger partial charge in [0.25, 0.3) is 0 Å². The van der Waals surface area contributed by atoms with Gasteiger partial charge in [-0.15, -0.1) is 0 Å². The number of hydrogen-bond acceptors (Lipinski definition) is 3. The van der Waals surface area contributed by atoms with Crippen LogP contribution in [0.2, 0.25) is 0 Å². The lowest BCUT2D eigenvalue weighted by Gasteiger charge is -2.26. The maximum atomic E-state index is 8.91. The Kier molecular flexibility index (Phi) is 3.07. The van der Waals surface area contributed by atoms with Crippen LogP contribution in [0, 0.1) is 11.3 Å². The lowest BCUT2D eigenvalue weighted by Crippen LogP contribution is -2.48. The lowest BCUT2D eigenvalue weighted by molar-refractivity contribution is 0.270. The monoisotopic (exact) mass is 167 g/mol. The van der Waals surface area contributed by atoms with Gasteiger partial charge in [0, 0.05) is 6.54 Å². The third-order valence-corrected chi connectivity index (χ3v) is 2.54. The van der Waals surface area contributed by atoms with E-state index in [1.165, 1.54) is 12.8 Å². The van der Waals surface area contributed by atoms with Gasteiger partial charge in [-0.25, -0.2) is 0 Å². The molecular weight excluding hydrogens is 150 g/mol. The molecule has 68 valence electrons. The molecule has 0 aromatic rings. The van der Waals surface area contributed by atoms with E-state index in [1.54, 1.807) is 0 Å². The van der Waals surface area contributed by atoms with Gasteiger partial charge in [-0.05, 0) is 39.9 Å². The fourth-order valence-corrected chi connectivity index (χ4v) is 1.56. The molecule has 1 unspecified atom stereocenters. The molecule has 0 aliphatic carbocycles. The third kappa shape index (κ3) is 2.20. The van der Waals surface area contributed by atoms with Crippen molar-refractivity contribution >= 4 is 0 Å². The van der Waals surface area contributed by atoms with Crippen LogP contribution in [0.5, 0.6) is 0 Å². The molecule has 1 fully saturated rings. The molecule has 0 bridgehead atoms. The average Bonchev–Trinajstić information content (AvgIpc) is 2.57. The molecular formula is C9H17N3. The van der Waals surface area contributed by atoms with Crippen LogP contribution in [0.1, 0.15) is 19.8 Å². The van der Waals surface area contributed by atoms with E-state index in [-0.39, 0.29) is 5.54 Å². The molecule has 0 amide bonds. The Hall–Kier alpha value is -0.590. The Morgan fingerprint density at radius 2 is 2.08 bits per heavy atom. The average molecular weight is 167 g/mol. The van der Waals surface area contributed by atoms with Crippen molar-refractivity contribution in [1.29, 1.82) is 5.26 Å². The molecule has 1 heterocycles. The molecule has 1 saturated heterocycles. The number of likely N-dealkylation sites (tertiary alicyclic amines) is 1. The third-order valence-electron chi connectivity index (χ3n) is 2.54. The molecule has 1 aliphatic rings. The van der Waals surface area contributed by atoms with Crippen molar-refractivity contribution in [2.75, 3.05) is 26.7 Å². The number of hydrogen-bond donors (Lipinski definition) is 1. The van der Waals surface area contributed by atoms with Crippen LogP contribution < -0.4 is 5.32 Å². The highest BCUT2D eigenvalue weighted by Gasteiger charge is 2.25. The van der Waals surface area contributed by atoms with Crippen LogP contribution in [0.3, 0.4) is 0 Å². The van der Waals surface area contributed by atoms with Crippen molar-refractivity contribution in [1.82, 2.24) is 10.2 Å². The zero-order valence-electron chi connectivity index (χ0n) is 7.93. The van der Waals surface area contributed by atoms with Gasteiger partial charge in [0.1, 0.15) is 5.54 Å². The standard InChI is InChI=1S/C9H17N3/c1-9(7-10,11-2)8-12-5-3-4-6-12/h11H,3-6,8H2,1-2H3. The van der Waals surface area contributed by atoms with E-state index in [9.17, 15) is 0 Å². The fraction of sp³-hybridized carbons (Fsp3) is 0.889. The molecule has 1 N–H and O–H groups in total. The van der Waals surface area contributed by atoms with E-state index in [1.807, 2.05) is 14.0 Å². The zero-order chi connectivity index (χ0) is 9.03. The summed E-state index contributed by atoms with van der Waals surface area (Å²) in [4.78, 5) is 2.35. The van der Waals surface area contributed by atoms with Crippen molar-refractivity contribution in [3.8, 4) is 6.07 Å². The topological polar surface area (TPSA) is 39.1 Å². The molecule has 12 heavy (non-hydrogen) atoms. The molecule has 0 aromatic carbocycles. The first-order valence-corrected chi connectivity index (χ1v) is 4.53. The minimum Gasteiger partial charge on any atom is -0.302 e. The second kappa shape index (κ2) is 3.88. The normalized spacial score (nSPS) is 23.4. The summed E-state index contributed by atoms with van der Waals surface area (Å²) in [5, 5.41) is 12.0. The van der Waals surface area contributed by atoms with Gasteiger partial charge in [0.15, 0.2) is 0 Å². The summed E-state index contributed by atoms with van der Waals surface area (Å²) in [6, 6.07) is 2.30. The molecule has 0 radical (unpaired) electrons. The second-order valence-electron chi connectivity index (χ2n) is 3.68. The molecule has 1 aliphatic heterocycles. The Balaban J connectivity index is 2.42. The van der Waals surface area contributed by atoms with Crippen LogP contribution in [0.4, 0.5) is 0 Å². The summed E-state index contributed by atoms with van der Waals surface area (Å²) in [6.45, 7) is 5.10. The summed E-state index contributed by atoms with van der Waals surface area (Å²) >= 11 is 0. The number of rotatable bonds is 3. The van der Waals surface area contributed by atoms with Crippen molar-refractivity contribution in [3.63, 3.8) is 0 Å². The van der Waals surface area contributed by atoms with Crippen LogP contribution in [-0.4, -0.2) is 37.1 Å². The molecule has 0 aromatic heterocycles. The molecule has 1 rings (SSSR count). The molecule has 0 saturated carbocycles. The maximum absolute atomic E-state index is 8.91. The SMILES string of the molecule is CNC(C)(C#N)CN1CCCC1. The van der Waals surface area contributed by atoms with Crippen LogP contribution in [0.15, 0.2) is 0 Å². The summed E-state index contributed by atoms with van der Waals surface area (Å²) < 4.78 is 0. The second-order valence-corrected chi connectivity index (χ2v) is 3.68. The minimum atomic E-state index is -0.371. The first kappa shape index (κ1) is 9.50. The Morgan fingerprint density at radius 3 is 2.50 bits per heavy atom. The number of nitrogens with zero attached hydrogens (tertiary/aromatic N) is 2.